The van der Waals surface area contributed by atoms with Crippen molar-refractivity contribution in [3.05, 3.63) is 28.3 Å². The number of carbonyl (C=O) groups is 3. The molecule has 2 saturated heterocycles. The van der Waals surface area contributed by atoms with E-state index in [-0.39, 0.29) is 25.4 Å². The number of rotatable bonds is 5. The number of likely N-dealkylation sites (N-methyl/N-ethyl adjacent to an activating group) is 1. The monoisotopic (exact) mass is 467 g/mol. The highest BCUT2D eigenvalue weighted by Crippen LogP contribution is 2.41. The number of fused-ring (bicyclic) bond motifs is 2. The Morgan fingerprint density at radius 2 is 1.87 bits per heavy atom. The molecule has 2 amide bonds. The summed E-state index contributed by atoms with van der Waals surface area (Å²) in [7, 11) is 1.81. The predicted molar refractivity (Wildman–Crippen MR) is 116 cm³/mol. The molecule has 168 valence electrons. The van der Waals surface area contributed by atoms with E-state index in [1.165, 1.54) is 0 Å². The van der Waals surface area contributed by atoms with Crippen LogP contribution in [0, 0.1) is 0 Å². The third kappa shape index (κ3) is 4.63. The zero-order valence-electron chi connectivity index (χ0n) is 17.4. The van der Waals surface area contributed by atoms with Gasteiger partial charge in [0, 0.05) is 37.1 Å². The molecule has 31 heavy (non-hydrogen) atoms. The van der Waals surface area contributed by atoms with Crippen LogP contribution in [0.1, 0.15) is 30.4 Å². The molecule has 0 radical (unpaired) electrons. The number of esters is 2. The summed E-state index contributed by atoms with van der Waals surface area (Å²) >= 11 is 8.17. The highest BCUT2D eigenvalue weighted by molar-refractivity contribution is 7.99. The summed E-state index contributed by atoms with van der Waals surface area (Å²) in [6.07, 6.45) is 1.52. The second-order valence-electron chi connectivity index (χ2n) is 7.92. The molecule has 1 aromatic carbocycles. The molecule has 1 N–H and O–H groups in total. The van der Waals surface area contributed by atoms with Crippen molar-refractivity contribution in [3.8, 4) is 0 Å². The van der Waals surface area contributed by atoms with Gasteiger partial charge >= 0.3 is 18.0 Å². The fourth-order valence-corrected chi connectivity index (χ4v) is 5.55. The molecule has 0 bridgehead atoms. The van der Waals surface area contributed by atoms with Gasteiger partial charge < -0.3 is 24.6 Å². The minimum absolute atomic E-state index is 0.00945. The number of nitrogens with zero attached hydrogens (tertiary/aromatic N) is 2. The van der Waals surface area contributed by atoms with Crippen LogP contribution in [0.3, 0.4) is 0 Å². The number of ether oxygens (including phenoxy) is 2. The second kappa shape index (κ2) is 9.26. The number of amides is 2. The first-order valence-electron chi connectivity index (χ1n) is 10.5. The minimum atomic E-state index is -1.47. The van der Waals surface area contributed by atoms with E-state index in [1.807, 2.05) is 11.9 Å². The van der Waals surface area contributed by atoms with Gasteiger partial charge in [-0.15, -0.1) is 11.8 Å². The summed E-state index contributed by atoms with van der Waals surface area (Å²) in [6, 6.07) is 3.63. The van der Waals surface area contributed by atoms with Gasteiger partial charge in [0.05, 0.1) is 24.4 Å². The third-order valence-electron chi connectivity index (χ3n) is 5.74. The Bertz CT molecular complexity index is 878. The predicted octanol–water partition coefficient (Wildman–Crippen LogP) is 2.37. The van der Waals surface area contributed by atoms with E-state index in [4.69, 9.17) is 21.1 Å². The number of carbonyl (C=O) groups excluding carboxylic acids is 3. The van der Waals surface area contributed by atoms with Gasteiger partial charge in [-0.05, 0) is 42.8 Å². The van der Waals surface area contributed by atoms with Crippen molar-refractivity contribution in [1.82, 2.24) is 15.1 Å². The van der Waals surface area contributed by atoms with Crippen LogP contribution in [0.4, 0.5) is 4.79 Å². The summed E-state index contributed by atoms with van der Waals surface area (Å²) in [4.78, 5) is 41.0. The summed E-state index contributed by atoms with van der Waals surface area (Å²) in [5, 5.41) is 3.84. The lowest BCUT2D eigenvalue weighted by Gasteiger charge is -2.32. The van der Waals surface area contributed by atoms with Crippen molar-refractivity contribution in [2.45, 2.75) is 36.4 Å². The van der Waals surface area contributed by atoms with E-state index in [0.717, 1.165) is 35.7 Å². The molecule has 10 heteroatoms. The number of nitrogens with one attached hydrogen (secondary N) is 1. The zero-order chi connectivity index (χ0) is 22.0. The molecule has 0 unspecified atom stereocenters. The van der Waals surface area contributed by atoms with Crippen molar-refractivity contribution in [3.63, 3.8) is 0 Å². The van der Waals surface area contributed by atoms with Crippen LogP contribution in [0.25, 0.3) is 0 Å². The average molecular weight is 468 g/mol. The fourth-order valence-electron chi connectivity index (χ4n) is 4.14. The lowest BCUT2D eigenvalue weighted by atomic mass is 9.98. The smallest absolute Gasteiger partial charge is 0.319 e. The number of hydrogen-bond acceptors (Lipinski definition) is 7. The summed E-state index contributed by atoms with van der Waals surface area (Å²) in [5.74, 6) is -1.60. The topological polar surface area (TPSA) is 88.2 Å². The molecule has 3 aliphatic heterocycles. The molecule has 4 rings (SSSR count). The Balaban J connectivity index is 1.54. The van der Waals surface area contributed by atoms with Crippen LogP contribution in [0.5, 0.6) is 0 Å². The van der Waals surface area contributed by atoms with Gasteiger partial charge in [0.25, 0.3) is 5.79 Å². The largest absolute Gasteiger partial charge is 0.416 e. The Morgan fingerprint density at radius 3 is 2.55 bits per heavy atom. The van der Waals surface area contributed by atoms with E-state index >= 15 is 0 Å². The van der Waals surface area contributed by atoms with Crippen LogP contribution >= 0.6 is 23.4 Å². The molecule has 2 fully saturated rings. The van der Waals surface area contributed by atoms with Crippen LogP contribution < -0.4 is 5.32 Å². The minimum Gasteiger partial charge on any atom is -0.416 e. The first-order valence-corrected chi connectivity index (χ1v) is 11.8. The van der Waals surface area contributed by atoms with Crippen molar-refractivity contribution in [2.24, 2.45) is 0 Å². The van der Waals surface area contributed by atoms with Crippen LogP contribution in [-0.2, 0) is 31.3 Å². The van der Waals surface area contributed by atoms with Crippen LogP contribution in [0.15, 0.2) is 17.0 Å². The first kappa shape index (κ1) is 22.2. The van der Waals surface area contributed by atoms with Gasteiger partial charge in [-0.2, -0.15) is 0 Å². The Kier molecular flexibility index (Phi) is 6.64. The molecule has 1 spiro atoms. The van der Waals surface area contributed by atoms with Crippen LogP contribution in [-0.4, -0.2) is 73.3 Å². The van der Waals surface area contributed by atoms with E-state index in [9.17, 15) is 14.4 Å². The van der Waals surface area contributed by atoms with Crippen molar-refractivity contribution >= 4 is 41.3 Å². The summed E-state index contributed by atoms with van der Waals surface area (Å²) < 4.78 is 11.4. The Hall–Kier alpha value is -1.97. The van der Waals surface area contributed by atoms with Gasteiger partial charge in [-0.25, -0.2) is 4.79 Å². The van der Waals surface area contributed by atoms with Gasteiger partial charge in [-0.3, -0.25) is 9.59 Å². The highest BCUT2D eigenvalue weighted by atomic mass is 35.5. The molecule has 0 atom stereocenters. The Morgan fingerprint density at radius 1 is 1.13 bits per heavy atom. The average Bonchev–Trinajstić information content (AvgIpc) is 2.88. The molecule has 3 aliphatic rings. The number of halogens is 1. The number of urea groups is 1. The molecule has 0 aliphatic carbocycles. The lowest BCUT2D eigenvalue weighted by molar-refractivity contribution is -0.225. The number of benzene rings is 1. The highest BCUT2D eigenvalue weighted by Gasteiger charge is 2.46. The van der Waals surface area contributed by atoms with Gasteiger partial charge in [0.2, 0.25) is 0 Å². The molecule has 1 aromatic rings. The van der Waals surface area contributed by atoms with Crippen molar-refractivity contribution < 1.29 is 23.9 Å². The maximum Gasteiger partial charge on any atom is 0.319 e. The van der Waals surface area contributed by atoms with Gasteiger partial charge in [-0.1, -0.05) is 11.6 Å². The zero-order valence-corrected chi connectivity index (χ0v) is 19.0. The molecule has 3 heterocycles. The SMILES string of the molecule is CN1CCN(CCCSc2c(Cl)ccc3c2CCNCC32OC(=O)CCC(=O)O2)C1=O. The maximum absolute atomic E-state index is 12.2. The van der Waals surface area contributed by atoms with Gasteiger partial charge in [0.15, 0.2) is 0 Å². The van der Waals surface area contributed by atoms with E-state index in [2.05, 4.69) is 5.32 Å². The first-order chi connectivity index (χ1) is 14.9. The molecule has 0 saturated carbocycles. The van der Waals surface area contributed by atoms with E-state index < -0.39 is 17.7 Å². The normalized spacial score (nSPS) is 20.9. The lowest BCUT2D eigenvalue weighted by Crippen LogP contribution is -2.43. The van der Waals surface area contributed by atoms with Gasteiger partial charge in [0.1, 0.15) is 0 Å². The van der Waals surface area contributed by atoms with Crippen LogP contribution in [0.2, 0.25) is 5.02 Å². The van der Waals surface area contributed by atoms with E-state index in [0.29, 0.717) is 30.1 Å². The van der Waals surface area contributed by atoms with Crippen molar-refractivity contribution in [1.29, 1.82) is 0 Å². The summed E-state index contributed by atoms with van der Waals surface area (Å²) in [6.45, 7) is 3.06. The fraction of sp³-hybridized carbons (Fsp3) is 0.571. The third-order valence-corrected chi connectivity index (χ3v) is 7.42. The standard InChI is InChI=1S/C21H26ClN3O5S/c1-24-10-11-25(20(24)28)9-2-12-31-19-14-7-8-23-13-21(15(14)3-4-16(19)22)29-17(26)5-6-18(27)30-21/h3-4,23H,2,5-13H2,1H3. The van der Waals surface area contributed by atoms with Crippen molar-refractivity contribution in [2.75, 3.05) is 45.5 Å². The number of thioether (sulfide) groups is 1. The molecular formula is C21H26ClN3O5S. The maximum atomic E-state index is 12.2. The quantitative estimate of drug-likeness (QED) is 0.404. The molecule has 8 nitrogen and oxygen atoms in total. The molecule has 0 aromatic heterocycles. The Labute approximate surface area is 190 Å². The second-order valence-corrected chi connectivity index (χ2v) is 9.44. The summed E-state index contributed by atoms with van der Waals surface area (Å²) in [5.41, 5.74) is 1.60. The van der Waals surface area contributed by atoms with E-state index in [1.54, 1.807) is 28.8 Å². The number of hydrogen-bond donors (Lipinski definition) is 1. The molecular weight excluding hydrogens is 442 g/mol.